The number of nitrogens with one attached hydrogen (secondary N) is 1. The molecule has 94 valence electrons. The lowest BCUT2D eigenvalue weighted by Crippen LogP contribution is -2.27. The Morgan fingerprint density at radius 3 is 2.76 bits per heavy atom. The fraction of sp³-hybridized carbons (Fsp3) is 0.417. The molecule has 0 fully saturated rings. The van der Waals surface area contributed by atoms with Crippen molar-refractivity contribution in [2.45, 2.75) is 6.42 Å². The van der Waals surface area contributed by atoms with Gasteiger partial charge in [0.2, 0.25) is 0 Å². The maximum absolute atomic E-state index is 11.8. The number of nitrogens with zero attached hydrogens (tertiary/aromatic N) is 1. The van der Waals surface area contributed by atoms with Crippen molar-refractivity contribution in [3.63, 3.8) is 0 Å². The summed E-state index contributed by atoms with van der Waals surface area (Å²) >= 11 is 9.16. The Morgan fingerprint density at radius 2 is 2.18 bits per heavy atom. The quantitative estimate of drug-likeness (QED) is 0.847. The molecule has 0 aliphatic heterocycles. The van der Waals surface area contributed by atoms with Crippen LogP contribution < -0.4 is 5.32 Å². The summed E-state index contributed by atoms with van der Waals surface area (Å²) in [5.41, 5.74) is 0.617. The van der Waals surface area contributed by atoms with Gasteiger partial charge in [0.15, 0.2) is 0 Å². The first-order chi connectivity index (χ1) is 8.00. The second-order valence-corrected chi connectivity index (χ2v) is 5.30. The molecule has 0 radical (unpaired) electrons. The minimum atomic E-state index is -0.0684. The monoisotopic (exact) mass is 318 g/mol. The lowest BCUT2D eigenvalue weighted by Gasteiger charge is -2.10. The number of halogens is 2. The number of rotatable bonds is 5. The summed E-state index contributed by atoms with van der Waals surface area (Å²) in [4.78, 5) is 13.9. The molecular weight excluding hydrogens is 304 g/mol. The average molecular weight is 320 g/mol. The molecular formula is C12H16BrClN2O. The molecule has 0 aromatic heterocycles. The number of carbonyl (C=O) groups is 1. The van der Waals surface area contributed by atoms with Gasteiger partial charge in [-0.1, -0.05) is 11.6 Å². The Morgan fingerprint density at radius 1 is 1.47 bits per heavy atom. The van der Waals surface area contributed by atoms with Crippen molar-refractivity contribution in [2.24, 2.45) is 0 Å². The van der Waals surface area contributed by atoms with Crippen LogP contribution in [0.2, 0.25) is 5.02 Å². The van der Waals surface area contributed by atoms with Crippen LogP contribution >= 0.6 is 27.5 Å². The predicted octanol–water partition coefficient (Wildman–Crippen LogP) is 2.78. The van der Waals surface area contributed by atoms with Gasteiger partial charge in [-0.05, 0) is 61.2 Å². The smallest absolute Gasteiger partial charge is 0.251 e. The molecule has 0 bridgehead atoms. The van der Waals surface area contributed by atoms with E-state index in [0.29, 0.717) is 17.1 Å². The van der Waals surface area contributed by atoms with Gasteiger partial charge in [-0.2, -0.15) is 0 Å². The molecule has 1 N–H and O–H groups in total. The Labute approximate surface area is 115 Å². The third-order valence-corrected chi connectivity index (χ3v) is 3.46. The number of hydrogen-bond acceptors (Lipinski definition) is 2. The molecule has 1 rings (SSSR count). The first-order valence-electron chi connectivity index (χ1n) is 5.38. The fourth-order valence-corrected chi connectivity index (χ4v) is 1.83. The van der Waals surface area contributed by atoms with Gasteiger partial charge in [0.05, 0.1) is 5.02 Å². The van der Waals surface area contributed by atoms with Crippen molar-refractivity contribution in [3.05, 3.63) is 33.3 Å². The van der Waals surface area contributed by atoms with Gasteiger partial charge < -0.3 is 10.2 Å². The van der Waals surface area contributed by atoms with Gasteiger partial charge in [0.1, 0.15) is 0 Å². The van der Waals surface area contributed by atoms with Crippen LogP contribution in [0, 0.1) is 0 Å². The van der Waals surface area contributed by atoms with Gasteiger partial charge >= 0.3 is 0 Å². The lowest BCUT2D eigenvalue weighted by molar-refractivity contribution is 0.0952. The van der Waals surface area contributed by atoms with E-state index in [9.17, 15) is 4.79 Å². The molecule has 0 atom stereocenters. The summed E-state index contributed by atoms with van der Waals surface area (Å²) in [5, 5.41) is 3.48. The van der Waals surface area contributed by atoms with E-state index in [1.165, 1.54) is 0 Å². The molecule has 1 amide bonds. The van der Waals surface area contributed by atoms with Crippen LogP contribution in [-0.2, 0) is 0 Å². The highest BCUT2D eigenvalue weighted by atomic mass is 79.9. The zero-order chi connectivity index (χ0) is 12.8. The summed E-state index contributed by atoms with van der Waals surface area (Å²) in [6.07, 6.45) is 0.938. The largest absolute Gasteiger partial charge is 0.352 e. The molecule has 0 heterocycles. The first kappa shape index (κ1) is 14.5. The van der Waals surface area contributed by atoms with Crippen molar-refractivity contribution in [3.8, 4) is 0 Å². The second kappa shape index (κ2) is 6.99. The van der Waals surface area contributed by atoms with Crippen LogP contribution in [0.1, 0.15) is 16.8 Å². The van der Waals surface area contributed by atoms with Crippen molar-refractivity contribution in [1.29, 1.82) is 0 Å². The lowest BCUT2D eigenvalue weighted by atomic mass is 10.2. The number of carbonyl (C=O) groups excluding carboxylic acids is 1. The normalized spacial score (nSPS) is 10.6. The van der Waals surface area contributed by atoms with Crippen LogP contribution in [0.5, 0.6) is 0 Å². The van der Waals surface area contributed by atoms with E-state index in [4.69, 9.17) is 11.6 Å². The second-order valence-electron chi connectivity index (χ2n) is 4.04. The van der Waals surface area contributed by atoms with E-state index in [0.717, 1.165) is 17.4 Å². The Kier molecular flexibility index (Phi) is 5.95. The number of benzene rings is 1. The molecule has 0 unspecified atom stereocenters. The summed E-state index contributed by atoms with van der Waals surface area (Å²) in [7, 11) is 4.02. The van der Waals surface area contributed by atoms with Gasteiger partial charge in [0, 0.05) is 16.6 Å². The minimum Gasteiger partial charge on any atom is -0.352 e. The maximum atomic E-state index is 11.8. The third kappa shape index (κ3) is 5.06. The van der Waals surface area contributed by atoms with Crippen LogP contribution in [0.25, 0.3) is 0 Å². The molecule has 1 aromatic carbocycles. The molecule has 5 heteroatoms. The summed E-state index contributed by atoms with van der Waals surface area (Å²) in [6, 6.07) is 5.15. The Bertz CT molecular complexity index is 396. The topological polar surface area (TPSA) is 32.3 Å². The molecule has 1 aromatic rings. The molecule has 0 saturated carbocycles. The van der Waals surface area contributed by atoms with E-state index < -0.39 is 0 Å². The highest BCUT2D eigenvalue weighted by Crippen LogP contribution is 2.23. The molecule has 0 aliphatic rings. The van der Waals surface area contributed by atoms with Crippen molar-refractivity contribution >= 4 is 33.4 Å². The maximum Gasteiger partial charge on any atom is 0.251 e. The fourth-order valence-electron chi connectivity index (χ4n) is 1.34. The molecule has 0 saturated heterocycles. The molecule has 0 spiro atoms. The highest BCUT2D eigenvalue weighted by molar-refractivity contribution is 9.10. The van der Waals surface area contributed by atoms with Gasteiger partial charge in [-0.15, -0.1) is 0 Å². The number of hydrogen-bond donors (Lipinski definition) is 1. The van der Waals surface area contributed by atoms with Crippen molar-refractivity contribution in [2.75, 3.05) is 27.2 Å². The van der Waals surface area contributed by atoms with E-state index in [-0.39, 0.29) is 5.91 Å². The van der Waals surface area contributed by atoms with E-state index >= 15 is 0 Å². The van der Waals surface area contributed by atoms with E-state index in [1.54, 1.807) is 18.2 Å². The van der Waals surface area contributed by atoms with Crippen LogP contribution in [-0.4, -0.2) is 38.0 Å². The molecule has 17 heavy (non-hydrogen) atoms. The summed E-state index contributed by atoms with van der Waals surface area (Å²) < 4.78 is 0.736. The zero-order valence-corrected chi connectivity index (χ0v) is 12.3. The Balaban J connectivity index is 2.44. The third-order valence-electron chi connectivity index (χ3n) is 2.25. The van der Waals surface area contributed by atoms with Crippen molar-refractivity contribution < 1.29 is 4.79 Å². The SMILES string of the molecule is CN(C)CCCNC(=O)c1ccc(Cl)c(Br)c1. The standard InChI is InChI=1S/C12H16BrClN2O/c1-16(2)7-3-6-15-12(17)9-4-5-11(14)10(13)8-9/h4-5,8H,3,6-7H2,1-2H3,(H,15,17). The summed E-state index contributed by atoms with van der Waals surface area (Å²) in [5.74, 6) is -0.0684. The predicted molar refractivity (Wildman–Crippen MR) is 74.7 cm³/mol. The highest BCUT2D eigenvalue weighted by Gasteiger charge is 2.06. The van der Waals surface area contributed by atoms with E-state index in [1.807, 2.05) is 14.1 Å². The first-order valence-corrected chi connectivity index (χ1v) is 6.56. The van der Waals surface area contributed by atoms with E-state index in [2.05, 4.69) is 26.1 Å². The molecule has 3 nitrogen and oxygen atoms in total. The minimum absolute atomic E-state index is 0.0684. The van der Waals surface area contributed by atoms with Gasteiger partial charge in [0.25, 0.3) is 5.91 Å². The van der Waals surface area contributed by atoms with Crippen LogP contribution in [0.4, 0.5) is 0 Å². The summed E-state index contributed by atoms with van der Waals surface area (Å²) in [6.45, 7) is 1.64. The van der Waals surface area contributed by atoms with Crippen LogP contribution in [0.15, 0.2) is 22.7 Å². The zero-order valence-electron chi connectivity index (χ0n) is 9.96. The number of amides is 1. The van der Waals surface area contributed by atoms with Crippen molar-refractivity contribution in [1.82, 2.24) is 10.2 Å². The van der Waals surface area contributed by atoms with Gasteiger partial charge in [-0.25, -0.2) is 0 Å². The molecule has 0 aliphatic carbocycles. The Hall–Kier alpha value is -0.580. The van der Waals surface area contributed by atoms with Crippen LogP contribution in [0.3, 0.4) is 0 Å². The average Bonchev–Trinajstić information content (AvgIpc) is 2.27. The van der Waals surface area contributed by atoms with Gasteiger partial charge in [-0.3, -0.25) is 4.79 Å².